The molecule has 1 aliphatic heterocycles. The van der Waals surface area contributed by atoms with E-state index in [1.54, 1.807) is 12.1 Å². The second-order valence-corrected chi connectivity index (χ2v) is 11.0. The van der Waals surface area contributed by atoms with Gasteiger partial charge in [-0.2, -0.15) is 8.42 Å². The number of anilines is 1. The molecule has 34 heavy (non-hydrogen) atoms. The Hall–Kier alpha value is -2.93. The lowest BCUT2D eigenvalue weighted by Crippen LogP contribution is -2.40. The lowest BCUT2D eigenvalue weighted by molar-refractivity contribution is -0.114. The number of carbonyl (C=O) groups excluding carboxylic acids is 1. The van der Waals surface area contributed by atoms with E-state index in [1.807, 2.05) is 46.9 Å². The number of carbonyl (C=O) groups is 1. The van der Waals surface area contributed by atoms with E-state index in [-0.39, 0.29) is 17.3 Å². The zero-order valence-electron chi connectivity index (χ0n) is 17.9. The molecule has 0 bridgehead atoms. The molecular weight excluding hydrogens is 571 g/mol. The summed E-state index contributed by atoms with van der Waals surface area (Å²) in [7, 11) is -3.99. The molecule has 1 fully saturated rings. The van der Waals surface area contributed by atoms with Crippen molar-refractivity contribution in [2.45, 2.75) is 23.7 Å². The van der Waals surface area contributed by atoms with Crippen molar-refractivity contribution in [1.29, 1.82) is 0 Å². The van der Waals surface area contributed by atoms with E-state index in [0.717, 1.165) is 14.9 Å². The maximum absolute atomic E-state index is 12.9. The van der Waals surface area contributed by atoms with Gasteiger partial charge in [0.2, 0.25) is 11.7 Å². The van der Waals surface area contributed by atoms with Gasteiger partial charge < -0.3 is 19.8 Å². The number of nitrogens with one attached hydrogen (secondary N) is 2. The molecule has 2 aromatic carbocycles. The fourth-order valence-corrected chi connectivity index (χ4v) is 5.43. The van der Waals surface area contributed by atoms with Crippen LogP contribution < -0.4 is 15.4 Å². The van der Waals surface area contributed by atoms with Crippen molar-refractivity contribution < 1.29 is 22.4 Å². The molecule has 3 aromatic rings. The topological polar surface area (TPSA) is 123 Å². The van der Waals surface area contributed by atoms with E-state index in [2.05, 4.69) is 20.0 Å². The molecule has 0 radical (unpaired) electrons. The third-order valence-electron chi connectivity index (χ3n) is 5.56. The van der Waals surface area contributed by atoms with Gasteiger partial charge in [0.1, 0.15) is 16.9 Å². The van der Waals surface area contributed by atoms with Gasteiger partial charge in [-0.25, -0.2) is 4.98 Å². The number of oxazole rings is 1. The predicted molar refractivity (Wildman–Crippen MR) is 133 cm³/mol. The number of ether oxygens (including phenoxy) is 1. The Labute approximate surface area is 210 Å². The van der Waals surface area contributed by atoms with Gasteiger partial charge in [-0.05, 0) is 77.2 Å². The van der Waals surface area contributed by atoms with E-state index in [0.29, 0.717) is 24.1 Å². The van der Waals surface area contributed by atoms with E-state index in [1.165, 1.54) is 31.4 Å². The monoisotopic (exact) mass is 592 g/mol. The van der Waals surface area contributed by atoms with Crippen LogP contribution in [0.15, 0.2) is 68.6 Å². The Bertz CT molecular complexity index is 1350. The van der Waals surface area contributed by atoms with Crippen LogP contribution in [-0.4, -0.2) is 38.3 Å². The highest BCUT2D eigenvalue weighted by Gasteiger charge is 2.29. The largest absolute Gasteiger partial charge is 0.493 e. The summed E-state index contributed by atoms with van der Waals surface area (Å²) in [5.41, 5.74) is 1.16. The van der Waals surface area contributed by atoms with Crippen molar-refractivity contribution in [2.75, 3.05) is 18.5 Å². The Kier molecular flexibility index (Phi) is 6.30. The number of amides is 1. The van der Waals surface area contributed by atoms with Gasteiger partial charge in [0.05, 0.1) is 24.4 Å². The number of hydrogen-bond donors (Lipinski definition) is 2. The van der Waals surface area contributed by atoms with Crippen LogP contribution in [0.2, 0.25) is 0 Å². The number of hydrogen-bond acceptors (Lipinski definition) is 7. The molecule has 176 valence electrons. The van der Waals surface area contributed by atoms with Crippen molar-refractivity contribution in [3.8, 4) is 5.75 Å². The quantitative estimate of drug-likeness (QED) is 0.384. The summed E-state index contributed by atoms with van der Waals surface area (Å²) in [6.07, 6.45) is 5.40. The van der Waals surface area contributed by atoms with Gasteiger partial charge in [-0.15, -0.1) is 4.40 Å². The highest BCUT2D eigenvalue weighted by Crippen LogP contribution is 2.31. The molecule has 9 nitrogen and oxygen atoms in total. The molecular formula is C23H21IN4O5S. The summed E-state index contributed by atoms with van der Waals surface area (Å²) in [5, 5.41) is 5.58. The summed E-state index contributed by atoms with van der Waals surface area (Å²) < 4.78 is 41.0. The van der Waals surface area contributed by atoms with E-state index >= 15 is 0 Å². The Balaban J connectivity index is 1.33. The minimum Gasteiger partial charge on any atom is -0.493 e. The molecule has 11 heteroatoms. The van der Waals surface area contributed by atoms with Gasteiger partial charge >= 0.3 is 0 Å². The summed E-state index contributed by atoms with van der Waals surface area (Å²) in [4.78, 5) is 17.2. The Morgan fingerprint density at radius 3 is 2.88 bits per heavy atom. The number of amidine groups is 1. The predicted octanol–water partition coefficient (Wildman–Crippen LogP) is 3.53. The molecule has 0 spiro atoms. The third kappa shape index (κ3) is 5.09. The summed E-state index contributed by atoms with van der Waals surface area (Å²) in [5.74, 6) is 0.442. The molecule has 1 amide bonds. The number of sulfonamides is 1. The molecule has 5 rings (SSSR count). The first-order valence-corrected chi connectivity index (χ1v) is 13.2. The third-order valence-corrected chi connectivity index (χ3v) is 7.55. The van der Waals surface area contributed by atoms with Crippen molar-refractivity contribution in [3.05, 3.63) is 69.9 Å². The molecule has 2 aliphatic rings. The van der Waals surface area contributed by atoms with E-state index in [4.69, 9.17) is 9.15 Å². The van der Waals surface area contributed by atoms with Crippen LogP contribution in [0, 0.1) is 9.49 Å². The van der Waals surface area contributed by atoms with Crippen LogP contribution in [0.1, 0.15) is 30.2 Å². The van der Waals surface area contributed by atoms with Crippen LogP contribution in [0.25, 0.3) is 0 Å². The molecule has 2 heterocycles. The van der Waals surface area contributed by atoms with E-state index in [9.17, 15) is 13.2 Å². The minimum absolute atomic E-state index is 0.0385. The Morgan fingerprint density at radius 2 is 2.12 bits per heavy atom. The average molecular weight is 592 g/mol. The second kappa shape index (κ2) is 9.37. The smallest absolute Gasteiger partial charge is 0.287 e. The molecule has 1 aliphatic carbocycles. The fourth-order valence-electron chi connectivity index (χ4n) is 3.58. The first-order chi connectivity index (χ1) is 16.4. The minimum atomic E-state index is -3.99. The molecule has 1 saturated carbocycles. The SMILES string of the molecule is O=C(NCC(c1cccc(OCC2CC2)c1)c1ncco1)C1=NS(=O)(=O)c2cc(I)ccc2N1. The average Bonchev–Trinajstić information content (AvgIpc) is 3.50. The summed E-state index contributed by atoms with van der Waals surface area (Å²) in [6.45, 7) is 0.802. The highest BCUT2D eigenvalue weighted by molar-refractivity contribution is 14.1. The number of halogens is 1. The number of nitrogens with zero attached hydrogens (tertiary/aromatic N) is 2. The number of benzene rings is 2. The molecule has 0 saturated heterocycles. The molecule has 1 aromatic heterocycles. The fraction of sp³-hybridized carbons (Fsp3) is 0.261. The van der Waals surface area contributed by atoms with Crippen LogP contribution in [0.5, 0.6) is 5.75 Å². The van der Waals surface area contributed by atoms with Crippen molar-refractivity contribution >= 4 is 50.0 Å². The van der Waals surface area contributed by atoms with Gasteiger partial charge in [0.25, 0.3) is 15.9 Å². The zero-order chi connectivity index (χ0) is 23.7. The zero-order valence-corrected chi connectivity index (χ0v) is 20.9. The van der Waals surface area contributed by atoms with Crippen LogP contribution in [-0.2, 0) is 14.8 Å². The van der Waals surface area contributed by atoms with Crippen LogP contribution in [0.4, 0.5) is 5.69 Å². The summed E-state index contributed by atoms with van der Waals surface area (Å²) >= 11 is 2.02. The number of aromatic nitrogens is 1. The van der Waals surface area contributed by atoms with Crippen molar-refractivity contribution in [2.24, 2.45) is 10.3 Å². The number of fused-ring (bicyclic) bond motifs is 1. The van der Waals surface area contributed by atoms with Gasteiger partial charge in [0, 0.05) is 10.1 Å². The first kappa shape index (κ1) is 22.8. The van der Waals surface area contributed by atoms with Gasteiger partial charge in [0.15, 0.2) is 0 Å². The van der Waals surface area contributed by atoms with Crippen LogP contribution >= 0.6 is 22.6 Å². The first-order valence-electron chi connectivity index (χ1n) is 10.7. The second-order valence-electron chi connectivity index (χ2n) is 8.14. The number of rotatable bonds is 8. The highest BCUT2D eigenvalue weighted by atomic mass is 127. The normalized spacial score (nSPS) is 17.1. The maximum Gasteiger partial charge on any atom is 0.287 e. The lowest BCUT2D eigenvalue weighted by Gasteiger charge is -2.20. The molecule has 2 N–H and O–H groups in total. The van der Waals surface area contributed by atoms with Crippen LogP contribution in [0.3, 0.4) is 0 Å². The van der Waals surface area contributed by atoms with Crippen molar-refractivity contribution in [3.63, 3.8) is 0 Å². The maximum atomic E-state index is 12.9. The summed E-state index contributed by atoms with van der Waals surface area (Å²) in [6, 6.07) is 12.5. The van der Waals surface area contributed by atoms with Gasteiger partial charge in [-0.1, -0.05) is 12.1 Å². The van der Waals surface area contributed by atoms with E-state index < -0.39 is 21.8 Å². The Morgan fingerprint density at radius 1 is 1.26 bits per heavy atom. The standard InChI is InChI=1S/C23H21IN4O5S/c24-16-6-7-19-20(11-16)34(30,31)28-21(27-19)22(29)26-12-18(23-25-8-9-32-23)15-2-1-3-17(10-15)33-13-14-4-5-14/h1-3,6-11,14,18H,4-5,12-13H2,(H,26,29)(H,27,28). The van der Waals surface area contributed by atoms with Crippen molar-refractivity contribution in [1.82, 2.24) is 10.3 Å². The molecule has 1 unspecified atom stereocenters. The lowest BCUT2D eigenvalue weighted by atomic mass is 9.98. The van der Waals surface area contributed by atoms with Gasteiger partial charge in [-0.3, -0.25) is 4.79 Å². The molecule has 1 atom stereocenters.